The first-order chi connectivity index (χ1) is 10.6. The maximum atomic E-state index is 6.45. The van der Waals surface area contributed by atoms with Gasteiger partial charge < -0.3 is 0 Å². The van der Waals surface area contributed by atoms with Crippen molar-refractivity contribution in [2.24, 2.45) is 0 Å². The molecule has 0 aliphatic rings. The fourth-order valence-corrected chi connectivity index (χ4v) is 4.34. The fraction of sp³-hybridized carbons (Fsp3) is 0.294. The van der Waals surface area contributed by atoms with Gasteiger partial charge in [-0.3, -0.25) is 0 Å². The van der Waals surface area contributed by atoms with E-state index < -0.39 is 0 Å². The smallest absolute Gasteiger partial charge is 0.190 e. The molecule has 3 rings (SSSR count). The van der Waals surface area contributed by atoms with Gasteiger partial charge in [0.25, 0.3) is 0 Å². The number of benzene rings is 1. The van der Waals surface area contributed by atoms with Crippen LogP contribution in [-0.4, -0.2) is 15.7 Å². The van der Waals surface area contributed by atoms with Gasteiger partial charge in [-0.05, 0) is 37.0 Å². The van der Waals surface area contributed by atoms with Crippen molar-refractivity contribution < 1.29 is 0 Å². The van der Waals surface area contributed by atoms with Crippen molar-refractivity contribution >= 4 is 44.9 Å². The molecule has 0 amide bonds. The Morgan fingerprint density at radius 1 is 1.18 bits per heavy atom. The van der Waals surface area contributed by atoms with Gasteiger partial charge in [0.1, 0.15) is 9.98 Å². The van der Waals surface area contributed by atoms with Crippen molar-refractivity contribution in [2.45, 2.75) is 32.3 Å². The van der Waals surface area contributed by atoms with Crippen LogP contribution in [0.3, 0.4) is 0 Å². The Labute approximate surface area is 144 Å². The molecule has 0 bridgehead atoms. The van der Waals surface area contributed by atoms with Crippen LogP contribution in [0.5, 0.6) is 0 Å². The van der Waals surface area contributed by atoms with Crippen LogP contribution in [0.25, 0.3) is 21.3 Å². The average Bonchev–Trinajstić information content (AvgIpc) is 2.92. The molecule has 22 heavy (non-hydrogen) atoms. The molecule has 0 saturated carbocycles. The second kappa shape index (κ2) is 6.57. The largest absolute Gasteiger partial charge is 0.211 e. The van der Waals surface area contributed by atoms with E-state index in [9.17, 15) is 0 Å². The van der Waals surface area contributed by atoms with Gasteiger partial charge in [0.2, 0.25) is 0 Å². The Bertz CT molecular complexity index is 827. The zero-order chi connectivity index (χ0) is 15.7. The first kappa shape index (κ1) is 15.8. The highest BCUT2D eigenvalue weighted by Gasteiger charge is 2.14. The lowest BCUT2D eigenvalue weighted by molar-refractivity contribution is 1.00. The standard InChI is InChI=1S/C17H17ClN2S2/c1-4-7-21-17-19-15(18)14-13(9-22-16(14)20-17)12-6-5-10(2)11(3)8-12/h5-6,8-9H,4,7H2,1-3H3. The van der Waals surface area contributed by atoms with Crippen molar-refractivity contribution in [1.29, 1.82) is 0 Å². The van der Waals surface area contributed by atoms with Crippen molar-refractivity contribution in [3.8, 4) is 11.1 Å². The fourth-order valence-electron chi connectivity index (χ4n) is 2.26. The van der Waals surface area contributed by atoms with E-state index >= 15 is 0 Å². The van der Waals surface area contributed by atoms with Crippen molar-refractivity contribution in [2.75, 3.05) is 5.75 Å². The molecule has 0 N–H and O–H groups in total. The third-order valence-corrected chi connectivity index (χ3v) is 5.82. The minimum absolute atomic E-state index is 0.554. The Balaban J connectivity index is 2.10. The third kappa shape index (κ3) is 3.00. The zero-order valence-electron chi connectivity index (χ0n) is 12.8. The lowest BCUT2D eigenvalue weighted by Crippen LogP contribution is -1.90. The highest BCUT2D eigenvalue weighted by atomic mass is 35.5. The Kier molecular flexibility index (Phi) is 4.71. The second-order valence-corrected chi connectivity index (χ2v) is 7.55. The molecule has 2 aromatic heterocycles. The van der Waals surface area contributed by atoms with Crippen molar-refractivity contribution in [1.82, 2.24) is 9.97 Å². The van der Waals surface area contributed by atoms with Crippen LogP contribution in [0, 0.1) is 13.8 Å². The van der Waals surface area contributed by atoms with Crippen LogP contribution in [0.15, 0.2) is 28.7 Å². The number of aryl methyl sites for hydroxylation is 2. The first-order valence-electron chi connectivity index (χ1n) is 7.25. The molecule has 0 fully saturated rings. The van der Waals surface area contributed by atoms with Crippen LogP contribution in [0.1, 0.15) is 24.5 Å². The molecule has 2 nitrogen and oxygen atoms in total. The van der Waals surface area contributed by atoms with E-state index in [1.54, 1.807) is 23.1 Å². The van der Waals surface area contributed by atoms with E-state index in [0.717, 1.165) is 33.1 Å². The van der Waals surface area contributed by atoms with Crippen molar-refractivity contribution in [3.63, 3.8) is 0 Å². The molecule has 114 valence electrons. The summed E-state index contributed by atoms with van der Waals surface area (Å²) in [6.07, 6.45) is 1.10. The monoisotopic (exact) mass is 348 g/mol. The summed E-state index contributed by atoms with van der Waals surface area (Å²) in [4.78, 5) is 10.1. The van der Waals surface area contributed by atoms with Crippen LogP contribution >= 0.6 is 34.7 Å². The molecule has 5 heteroatoms. The topological polar surface area (TPSA) is 25.8 Å². The summed E-state index contributed by atoms with van der Waals surface area (Å²) in [5, 5.41) is 4.42. The van der Waals surface area contributed by atoms with E-state index in [1.165, 1.54) is 16.7 Å². The van der Waals surface area contributed by atoms with Gasteiger partial charge in [-0.1, -0.05) is 48.5 Å². The molecule has 0 aliphatic carbocycles. The molecule has 1 aromatic carbocycles. The number of fused-ring (bicyclic) bond motifs is 1. The summed E-state index contributed by atoms with van der Waals surface area (Å²) in [6.45, 7) is 6.40. The molecule has 3 aromatic rings. The lowest BCUT2D eigenvalue weighted by Gasteiger charge is -2.06. The average molecular weight is 349 g/mol. The van der Waals surface area contributed by atoms with Gasteiger partial charge in [-0.15, -0.1) is 11.3 Å². The third-order valence-electron chi connectivity index (χ3n) is 3.62. The predicted molar refractivity (Wildman–Crippen MR) is 98.4 cm³/mol. The number of halogens is 1. The summed E-state index contributed by atoms with van der Waals surface area (Å²) in [6, 6.07) is 6.49. The maximum absolute atomic E-state index is 6.45. The van der Waals surface area contributed by atoms with Crippen LogP contribution in [0.2, 0.25) is 5.15 Å². The normalized spacial score (nSPS) is 11.3. The number of hydrogen-bond donors (Lipinski definition) is 0. The summed E-state index contributed by atoms with van der Waals surface area (Å²) < 4.78 is 0. The SMILES string of the molecule is CCCSc1nc(Cl)c2c(-c3ccc(C)c(C)c3)csc2n1. The molecule has 0 aliphatic heterocycles. The van der Waals surface area contributed by atoms with Gasteiger partial charge in [0.05, 0.1) is 5.39 Å². The van der Waals surface area contributed by atoms with E-state index in [-0.39, 0.29) is 0 Å². The molecular weight excluding hydrogens is 332 g/mol. The predicted octanol–water partition coefficient (Wildman–Crippen LogP) is 6.13. The van der Waals surface area contributed by atoms with E-state index in [2.05, 4.69) is 54.3 Å². The summed E-state index contributed by atoms with van der Waals surface area (Å²) in [5.41, 5.74) is 4.88. The molecular formula is C17H17ClN2S2. The minimum atomic E-state index is 0.554. The number of hydrogen-bond acceptors (Lipinski definition) is 4. The zero-order valence-corrected chi connectivity index (χ0v) is 15.2. The number of nitrogens with zero attached hydrogens (tertiary/aromatic N) is 2. The number of thioether (sulfide) groups is 1. The number of thiophene rings is 1. The molecule has 0 unspecified atom stereocenters. The van der Waals surface area contributed by atoms with Gasteiger partial charge in [-0.2, -0.15) is 0 Å². The summed E-state index contributed by atoms with van der Waals surface area (Å²) in [5.74, 6) is 1.01. The van der Waals surface area contributed by atoms with Crippen LogP contribution < -0.4 is 0 Å². The van der Waals surface area contributed by atoms with E-state index in [1.807, 2.05) is 0 Å². The van der Waals surface area contributed by atoms with E-state index in [0.29, 0.717) is 5.15 Å². The summed E-state index contributed by atoms with van der Waals surface area (Å²) in [7, 11) is 0. The maximum Gasteiger partial charge on any atom is 0.190 e. The number of aromatic nitrogens is 2. The van der Waals surface area contributed by atoms with Gasteiger partial charge in [-0.25, -0.2) is 9.97 Å². The number of rotatable bonds is 4. The first-order valence-corrected chi connectivity index (χ1v) is 9.49. The van der Waals surface area contributed by atoms with Gasteiger partial charge in [0, 0.05) is 16.7 Å². The molecule has 0 atom stereocenters. The quantitative estimate of drug-likeness (QED) is 0.322. The van der Waals surface area contributed by atoms with Gasteiger partial charge >= 0.3 is 0 Å². The Morgan fingerprint density at radius 3 is 2.73 bits per heavy atom. The molecule has 0 saturated heterocycles. The Hall–Kier alpha value is -1.10. The molecule has 2 heterocycles. The minimum Gasteiger partial charge on any atom is -0.211 e. The van der Waals surface area contributed by atoms with Gasteiger partial charge in [0.15, 0.2) is 5.16 Å². The Morgan fingerprint density at radius 2 is 2.00 bits per heavy atom. The second-order valence-electron chi connectivity index (χ2n) is 5.27. The van der Waals surface area contributed by atoms with E-state index in [4.69, 9.17) is 11.6 Å². The summed E-state index contributed by atoms with van der Waals surface area (Å²) >= 11 is 9.74. The highest BCUT2D eigenvalue weighted by Crippen LogP contribution is 2.38. The lowest BCUT2D eigenvalue weighted by atomic mass is 10.0. The van der Waals surface area contributed by atoms with Crippen LogP contribution in [0.4, 0.5) is 0 Å². The van der Waals surface area contributed by atoms with Crippen LogP contribution in [-0.2, 0) is 0 Å². The van der Waals surface area contributed by atoms with Crippen molar-refractivity contribution in [3.05, 3.63) is 39.9 Å². The molecule has 0 radical (unpaired) electrons. The molecule has 0 spiro atoms. The highest BCUT2D eigenvalue weighted by molar-refractivity contribution is 7.99.